The van der Waals surface area contributed by atoms with Gasteiger partial charge in [-0.25, -0.2) is 0 Å². The van der Waals surface area contributed by atoms with Crippen LogP contribution in [0.1, 0.15) is 24.6 Å². The van der Waals surface area contributed by atoms with E-state index in [-0.39, 0.29) is 0 Å². The van der Waals surface area contributed by atoms with Crippen molar-refractivity contribution in [1.29, 1.82) is 0 Å². The molecule has 0 fully saturated rings. The summed E-state index contributed by atoms with van der Waals surface area (Å²) < 4.78 is 0. The van der Waals surface area contributed by atoms with Gasteiger partial charge >= 0.3 is 0 Å². The molecule has 3 aromatic rings. The monoisotopic (exact) mass is 224 g/mol. The van der Waals surface area contributed by atoms with Crippen molar-refractivity contribution < 1.29 is 0 Å². The molecule has 0 radical (unpaired) electrons. The highest BCUT2D eigenvalue weighted by Gasteiger charge is 2.10. The molecule has 17 heavy (non-hydrogen) atoms. The average molecular weight is 224 g/mol. The van der Waals surface area contributed by atoms with E-state index in [4.69, 9.17) is 0 Å². The molecule has 0 amide bonds. The lowest BCUT2D eigenvalue weighted by molar-refractivity contribution is 0.921. The van der Waals surface area contributed by atoms with Gasteiger partial charge in [0.05, 0.1) is 11.2 Å². The topological polar surface area (TPSA) is 28.7 Å². The van der Waals surface area contributed by atoms with E-state index in [1.165, 1.54) is 27.4 Å². The fourth-order valence-corrected chi connectivity index (χ4v) is 2.51. The van der Waals surface area contributed by atoms with Crippen LogP contribution in [0.2, 0.25) is 0 Å². The van der Waals surface area contributed by atoms with E-state index in [1.807, 2.05) is 6.20 Å². The van der Waals surface area contributed by atoms with Crippen LogP contribution in [0.15, 0.2) is 30.5 Å². The summed E-state index contributed by atoms with van der Waals surface area (Å²) in [6.07, 6.45) is 4.27. The highest BCUT2D eigenvalue weighted by atomic mass is 14.8. The Morgan fingerprint density at radius 1 is 1.24 bits per heavy atom. The molecule has 1 aromatic carbocycles. The van der Waals surface area contributed by atoms with E-state index in [0.717, 1.165) is 18.5 Å². The molecule has 3 rings (SSSR count). The number of benzene rings is 1. The number of aromatic amines is 1. The third kappa shape index (κ3) is 1.52. The summed E-state index contributed by atoms with van der Waals surface area (Å²) in [7, 11) is 0. The van der Waals surface area contributed by atoms with E-state index in [0.29, 0.717) is 0 Å². The maximum absolute atomic E-state index is 4.49. The number of para-hydroxylation sites is 1. The summed E-state index contributed by atoms with van der Waals surface area (Å²) in [6.45, 7) is 4.27. The number of nitrogens with zero attached hydrogens (tertiary/aromatic N) is 1. The fourth-order valence-electron chi connectivity index (χ4n) is 2.51. The zero-order chi connectivity index (χ0) is 11.8. The van der Waals surface area contributed by atoms with Crippen LogP contribution in [0, 0.1) is 6.92 Å². The second-order valence-electron chi connectivity index (χ2n) is 4.54. The molecular formula is C15H16N2. The van der Waals surface area contributed by atoms with Crippen molar-refractivity contribution in [1.82, 2.24) is 9.97 Å². The number of aryl methyl sites for hydroxylation is 2. The van der Waals surface area contributed by atoms with Gasteiger partial charge in [-0.05, 0) is 25.0 Å². The Labute approximate surface area is 101 Å². The Kier molecular flexibility index (Phi) is 2.36. The lowest BCUT2D eigenvalue weighted by Gasteiger charge is -2.03. The van der Waals surface area contributed by atoms with Crippen molar-refractivity contribution in [2.45, 2.75) is 26.7 Å². The Morgan fingerprint density at radius 2 is 2.06 bits per heavy atom. The minimum absolute atomic E-state index is 1.08. The molecule has 0 aliphatic carbocycles. The van der Waals surface area contributed by atoms with E-state index in [2.05, 4.69) is 48.1 Å². The third-order valence-corrected chi connectivity index (χ3v) is 3.32. The highest BCUT2D eigenvalue weighted by molar-refractivity contribution is 6.09. The smallest absolute Gasteiger partial charge is 0.0683 e. The molecule has 2 nitrogen and oxygen atoms in total. The molecule has 0 unspecified atom stereocenters. The summed E-state index contributed by atoms with van der Waals surface area (Å²) in [5.74, 6) is 0. The lowest BCUT2D eigenvalue weighted by Crippen LogP contribution is -1.90. The largest absolute Gasteiger partial charge is 0.353 e. The minimum atomic E-state index is 1.08. The zero-order valence-corrected chi connectivity index (χ0v) is 10.2. The van der Waals surface area contributed by atoms with Crippen molar-refractivity contribution in [3.8, 4) is 0 Å². The molecule has 0 spiro atoms. The summed E-state index contributed by atoms with van der Waals surface area (Å²) in [5, 5.41) is 2.67. The molecule has 2 heteroatoms. The molecule has 0 atom stereocenters. The maximum atomic E-state index is 4.49. The molecule has 0 saturated heterocycles. The molecule has 2 aromatic heterocycles. The van der Waals surface area contributed by atoms with E-state index in [1.54, 1.807) is 0 Å². The predicted octanol–water partition coefficient (Wildman–Crippen LogP) is 3.98. The van der Waals surface area contributed by atoms with Crippen LogP contribution in [0.25, 0.3) is 21.8 Å². The number of rotatable bonds is 2. The Morgan fingerprint density at radius 3 is 2.88 bits per heavy atom. The van der Waals surface area contributed by atoms with Gasteiger partial charge in [-0.2, -0.15) is 0 Å². The van der Waals surface area contributed by atoms with Gasteiger partial charge in [0, 0.05) is 22.5 Å². The quantitative estimate of drug-likeness (QED) is 0.700. The Balaban J connectivity index is 2.47. The summed E-state index contributed by atoms with van der Waals surface area (Å²) in [4.78, 5) is 7.97. The summed E-state index contributed by atoms with van der Waals surface area (Å²) in [6, 6.07) is 8.48. The maximum Gasteiger partial charge on any atom is 0.0683 e. The third-order valence-electron chi connectivity index (χ3n) is 3.32. The van der Waals surface area contributed by atoms with E-state index >= 15 is 0 Å². The molecule has 0 aliphatic heterocycles. The molecule has 0 saturated carbocycles. The van der Waals surface area contributed by atoms with Crippen molar-refractivity contribution in [2.75, 3.05) is 0 Å². The van der Waals surface area contributed by atoms with Gasteiger partial charge in [-0.1, -0.05) is 31.5 Å². The molecule has 0 aliphatic rings. The first kappa shape index (κ1) is 10.3. The molecular weight excluding hydrogens is 208 g/mol. The molecule has 2 heterocycles. The van der Waals surface area contributed by atoms with Crippen molar-refractivity contribution in [3.05, 3.63) is 41.7 Å². The fraction of sp³-hybridized carbons (Fsp3) is 0.267. The summed E-state index contributed by atoms with van der Waals surface area (Å²) in [5.41, 5.74) is 4.83. The van der Waals surface area contributed by atoms with Gasteiger partial charge in [0.25, 0.3) is 0 Å². The van der Waals surface area contributed by atoms with Crippen molar-refractivity contribution in [3.63, 3.8) is 0 Å². The normalized spacial score (nSPS) is 11.4. The van der Waals surface area contributed by atoms with Gasteiger partial charge in [-0.3, -0.25) is 4.98 Å². The number of hydrogen-bond donors (Lipinski definition) is 1. The number of fused-ring (bicyclic) bond motifs is 3. The van der Waals surface area contributed by atoms with Crippen LogP contribution in [-0.4, -0.2) is 9.97 Å². The van der Waals surface area contributed by atoms with Crippen LogP contribution in [0.3, 0.4) is 0 Å². The van der Waals surface area contributed by atoms with Crippen LogP contribution < -0.4 is 0 Å². The van der Waals surface area contributed by atoms with Crippen LogP contribution in [0.5, 0.6) is 0 Å². The second kappa shape index (κ2) is 3.88. The van der Waals surface area contributed by atoms with Gasteiger partial charge in [0.1, 0.15) is 0 Å². The number of H-pyrrole nitrogens is 1. The molecule has 1 N–H and O–H groups in total. The predicted molar refractivity (Wildman–Crippen MR) is 72.3 cm³/mol. The Hall–Kier alpha value is -1.83. The average Bonchev–Trinajstić information content (AvgIpc) is 2.73. The van der Waals surface area contributed by atoms with Gasteiger partial charge in [-0.15, -0.1) is 0 Å². The lowest BCUT2D eigenvalue weighted by atomic mass is 10.0. The molecule has 86 valence electrons. The van der Waals surface area contributed by atoms with Crippen molar-refractivity contribution in [2.24, 2.45) is 0 Å². The van der Waals surface area contributed by atoms with Crippen molar-refractivity contribution >= 4 is 21.8 Å². The van der Waals surface area contributed by atoms with Gasteiger partial charge in [0.2, 0.25) is 0 Å². The van der Waals surface area contributed by atoms with Gasteiger partial charge in [0.15, 0.2) is 0 Å². The number of hydrogen-bond acceptors (Lipinski definition) is 1. The highest BCUT2D eigenvalue weighted by Crippen LogP contribution is 2.29. The number of pyridine rings is 1. The van der Waals surface area contributed by atoms with Crippen LogP contribution in [0.4, 0.5) is 0 Å². The van der Waals surface area contributed by atoms with Crippen LogP contribution >= 0.6 is 0 Å². The SMILES string of the molecule is CCCc1cnc(C)c2[nH]c3ccccc3c12. The first-order chi connectivity index (χ1) is 8.31. The first-order valence-electron chi connectivity index (χ1n) is 6.16. The zero-order valence-electron chi connectivity index (χ0n) is 10.2. The van der Waals surface area contributed by atoms with E-state index in [9.17, 15) is 0 Å². The summed E-state index contributed by atoms with van der Waals surface area (Å²) >= 11 is 0. The molecule has 0 bridgehead atoms. The first-order valence-corrected chi connectivity index (χ1v) is 6.16. The number of nitrogens with one attached hydrogen (secondary N) is 1. The van der Waals surface area contributed by atoms with Crippen LogP contribution in [-0.2, 0) is 6.42 Å². The van der Waals surface area contributed by atoms with E-state index < -0.39 is 0 Å². The number of aromatic nitrogens is 2. The second-order valence-corrected chi connectivity index (χ2v) is 4.54. The van der Waals surface area contributed by atoms with Gasteiger partial charge < -0.3 is 4.98 Å². The Bertz CT molecular complexity index is 680. The minimum Gasteiger partial charge on any atom is -0.353 e. The standard InChI is InChI=1S/C15H16N2/c1-3-6-11-9-16-10(2)15-14(11)12-7-4-5-8-13(12)17-15/h4-5,7-9,17H,3,6H2,1-2H3.